The van der Waals surface area contributed by atoms with Crippen molar-refractivity contribution in [3.63, 3.8) is 0 Å². The van der Waals surface area contributed by atoms with Crippen molar-refractivity contribution in [3.8, 4) is 0 Å². The van der Waals surface area contributed by atoms with Gasteiger partial charge in [-0.3, -0.25) is 14.0 Å². The average molecular weight is 360 g/mol. The molecule has 0 spiro atoms. The average Bonchev–Trinajstić information content (AvgIpc) is 3.11. The highest BCUT2D eigenvalue weighted by Gasteiger charge is 2.21. The first-order valence-electron chi connectivity index (χ1n) is 8.00. The van der Waals surface area contributed by atoms with Crippen LogP contribution in [0.3, 0.4) is 0 Å². The van der Waals surface area contributed by atoms with Crippen LogP contribution in [0.15, 0.2) is 23.5 Å². The molecule has 25 heavy (non-hydrogen) atoms. The fourth-order valence-electron chi connectivity index (χ4n) is 2.52. The van der Waals surface area contributed by atoms with E-state index in [0.717, 1.165) is 5.56 Å². The molecule has 0 atom stereocenters. The molecule has 0 radical (unpaired) electrons. The van der Waals surface area contributed by atoms with Crippen LogP contribution in [0.5, 0.6) is 0 Å². The normalized spacial score (nSPS) is 11.4. The second-order valence-corrected chi connectivity index (χ2v) is 7.43. The Balaban J connectivity index is 1.97. The lowest BCUT2D eigenvalue weighted by atomic mass is 10.2. The largest absolute Gasteiger partial charge is 0.461 e. The van der Waals surface area contributed by atoms with Crippen LogP contribution in [0.2, 0.25) is 0 Å². The predicted molar refractivity (Wildman–Crippen MR) is 96.0 cm³/mol. The zero-order valence-corrected chi connectivity index (χ0v) is 15.5. The van der Waals surface area contributed by atoms with Gasteiger partial charge < -0.3 is 4.74 Å². The van der Waals surface area contributed by atoms with Gasteiger partial charge in [0, 0.05) is 18.8 Å². The van der Waals surface area contributed by atoms with Crippen molar-refractivity contribution < 1.29 is 9.53 Å². The number of esters is 1. The molecule has 132 valence electrons. The summed E-state index contributed by atoms with van der Waals surface area (Å²) >= 11 is 1.20. The van der Waals surface area contributed by atoms with E-state index in [1.165, 1.54) is 22.2 Å². The number of rotatable bonds is 5. The summed E-state index contributed by atoms with van der Waals surface area (Å²) in [6.45, 7) is 6.46. The van der Waals surface area contributed by atoms with Gasteiger partial charge in [0.1, 0.15) is 9.71 Å². The number of aryl methyl sites for hydroxylation is 2. The number of ether oxygens (including phenoxy) is 1. The summed E-state index contributed by atoms with van der Waals surface area (Å²) in [6.07, 6.45) is 5.08. The van der Waals surface area contributed by atoms with E-state index >= 15 is 0 Å². The Kier molecular flexibility index (Phi) is 4.71. The maximum absolute atomic E-state index is 12.8. The van der Waals surface area contributed by atoms with Gasteiger partial charge in [-0.05, 0) is 18.4 Å². The Morgan fingerprint density at radius 1 is 1.40 bits per heavy atom. The van der Waals surface area contributed by atoms with E-state index in [0.29, 0.717) is 33.8 Å². The van der Waals surface area contributed by atoms with Gasteiger partial charge in [0.25, 0.3) is 5.56 Å². The molecule has 0 saturated carbocycles. The first-order valence-corrected chi connectivity index (χ1v) is 8.81. The van der Waals surface area contributed by atoms with Crippen LogP contribution in [0, 0.1) is 12.8 Å². The van der Waals surface area contributed by atoms with Gasteiger partial charge in [0.2, 0.25) is 0 Å². The maximum atomic E-state index is 12.8. The van der Waals surface area contributed by atoms with Gasteiger partial charge in [-0.25, -0.2) is 9.78 Å². The quantitative estimate of drug-likeness (QED) is 0.653. The Morgan fingerprint density at radius 2 is 2.16 bits per heavy atom. The topological polar surface area (TPSA) is 79.0 Å². The van der Waals surface area contributed by atoms with E-state index in [1.807, 2.05) is 27.1 Å². The van der Waals surface area contributed by atoms with E-state index in [2.05, 4.69) is 10.1 Å². The number of carbonyl (C=O) groups is 1. The lowest BCUT2D eigenvalue weighted by Gasteiger charge is -2.06. The number of hydrogen-bond donors (Lipinski definition) is 0. The van der Waals surface area contributed by atoms with Gasteiger partial charge in [-0.1, -0.05) is 13.8 Å². The third kappa shape index (κ3) is 3.48. The molecule has 8 heteroatoms. The van der Waals surface area contributed by atoms with Crippen LogP contribution in [0.1, 0.15) is 34.6 Å². The number of nitrogens with zero attached hydrogens (tertiary/aromatic N) is 4. The standard InChI is InChI=1S/C17H20N4O3S/c1-10(2)8-24-17(23)14-11(3)13-15(25-14)18-9-21(16(13)22)7-12-5-19-20(4)6-12/h5-6,9-10H,7-8H2,1-4H3. The molecule has 0 amide bonds. The first-order chi connectivity index (χ1) is 11.9. The van der Waals surface area contributed by atoms with E-state index in [1.54, 1.807) is 17.8 Å². The van der Waals surface area contributed by atoms with Crippen molar-refractivity contribution in [1.29, 1.82) is 0 Å². The predicted octanol–water partition coefficient (Wildman–Crippen LogP) is 2.36. The molecular formula is C17H20N4O3S. The van der Waals surface area contributed by atoms with Gasteiger partial charge in [0.15, 0.2) is 0 Å². The van der Waals surface area contributed by atoms with Crippen LogP contribution in [-0.2, 0) is 18.3 Å². The molecule has 0 aromatic carbocycles. The molecule has 0 bridgehead atoms. The number of carbonyl (C=O) groups excluding carboxylic acids is 1. The van der Waals surface area contributed by atoms with Crippen molar-refractivity contribution >= 4 is 27.5 Å². The number of fused-ring (bicyclic) bond motifs is 1. The molecule has 0 aliphatic carbocycles. The summed E-state index contributed by atoms with van der Waals surface area (Å²) in [5, 5.41) is 4.59. The summed E-state index contributed by atoms with van der Waals surface area (Å²) < 4.78 is 8.51. The fraction of sp³-hybridized carbons (Fsp3) is 0.412. The third-order valence-electron chi connectivity index (χ3n) is 3.76. The summed E-state index contributed by atoms with van der Waals surface area (Å²) in [5.41, 5.74) is 1.38. The van der Waals surface area contributed by atoms with Crippen molar-refractivity contribution in [3.05, 3.63) is 45.1 Å². The van der Waals surface area contributed by atoms with E-state index in [4.69, 9.17) is 4.74 Å². The number of aromatic nitrogens is 4. The summed E-state index contributed by atoms with van der Waals surface area (Å²) in [4.78, 5) is 30.4. The zero-order chi connectivity index (χ0) is 18.1. The summed E-state index contributed by atoms with van der Waals surface area (Å²) in [6, 6.07) is 0. The molecule has 0 N–H and O–H groups in total. The van der Waals surface area contributed by atoms with E-state index in [-0.39, 0.29) is 11.5 Å². The molecule has 3 rings (SSSR count). The summed E-state index contributed by atoms with van der Waals surface area (Å²) in [5.74, 6) is -0.138. The molecule has 7 nitrogen and oxygen atoms in total. The minimum Gasteiger partial charge on any atom is -0.461 e. The van der Waals surface area contributed by atoms with Crippen LogP contribution >= 0.6 is 11.3 Å². The number of hydrogen-bond acceptors (Lipinski definition) is 6. The molecule has 3 aromatic rings. The van der Waals surface area contributed by atoms with E-state index in [9.17, 15) is 9.59 Å². The minimum absolute atomic E-state index is 0.162. The van der Waals surface area contributed by atoms with Gasteiger partial charge in [-0.2, -0.15) is 5.10 Å². The smallest absolute Gasteiger partial charge is 0.348 e. The van der Waals surface area contributed by atoms with Crippen molar-refractivity contribution in [1.82, 2.24) is 19.3 Å². The molecule has 0 saturated heterocycles. The highest BCUT2D eigenvalue weighted by molar-refractivity contribution is 7.20. The van der Waals surface area contributed by atoms with E-state index < -0.39 is 5.97 Å². The Morgan fingerprint density at radius 3 is 2.80 bits per heavy atom. The van der Waals surface area contributed by atoms with Crippen molar-refractivity contribution in [2.24, 2.45) is 13.0 Å². The molecule has 3 heterocycles. The SMILES string of the molecule is Cc1c(C(=O)OCC(C)C)sc2ncn(Cc3cnn(C)c3)c(=O)c12. The third-order valence-corrected chi connectivity index (χ3v) is 4.94. The van der Waals surface area contributed by atoms with Gasteiger partial charge >= 0.3 is 5.97 Å². The molecule has 0 fully saturated rings. The van der Waals surface area contributed by atoms with Crippen LogP contribution in [0.25, 0.3) is 10.2 Å². The second-order valence-electron chi connectivity index (χ2n) is 6.43. The zero-order valence-electron chi connectivity index (χ0n) is 14.6. The number of thiophene rings is 1. The van der Waals surface area contributed by atoms with Gasteiger partial charge in [-0.15, -0.1) is 11.3 Å². The Bertz CT molecular complexity index is 984. The molecule has 0 unspecified atom stereocenters. The van der Waals surface area contributed by atoms with Crippen molar-refractivity contribution in [2.45, 2.75) is 27.3 Å². The molecule has 0 aliphatic rings. The van der Waals surface area contributed by atoms with Crippen molar-refractivity contribution in [2.75, 3.05) is 6.61 Å². The minimum atomic E-state index is -0.396. The molecule has 3 aromatic heterocycles. The van der Waals surface area contributed by atoms with Gasteiger partial charge in [0.05, 0.1) is 31.1 Å². The Labute approximate surface area is 148 Å². The second kappa shape index (κ2) is 6.79. The highest BCUT2D eigenvalue weighted by atomic mass is 32.1. The first kappa shape index (κ1) is 17.3. The fourth-order valence-corrected chi connectivity index (χ4v) is 3.56. The highest BCUT2D eigenvalue weighted by Crippen LogP contribution is 2.27. The maximum Gasteiger partial charge on any atom is 0.348 e. The lowest BCUT2D eigenvalue weighted by Crippen LogP contribution is -2.21. The molecule has 0 aliphatic heterocycles. The molecular weight excluding hydrogens is 340 g/mol. The Hall–Kier alpha value is -2.48. The van der Waals surface area contributed by atoms with Crippen LogP contribution in [-0.4, -0.2) is 31.9 Å². The van der Waals surface area contributed by atoms with Crippen LogP contribution in [0.4, 0.5) is 0 Å². The summed E-state index contributed by atoms with van der Waals surface area (Å²) in [7, 11) is 1.83. The lowest BCUT2D eigenvalue weighted by molar-refractivity contribution is 0.0464. The van der Waals surface area contributed by atoms with Crippen LogP contribution < -0.4 is 5.56 Å². The monoisotopic (exact) mass is 360 g/mol.